The van der Waals surface area contributed by atoms with Crippen molar-refractivity contribution < 1.29 is 36.2 Å². The maximum atomic E-state index is 12.8. The van der Waals surface area contributed by atoms with Gasteiger partial charge in [0.05, 0.1) is 5.39 Å². The Morgan fingerprint density at radius 2 is 1.71 bits per heavy atom. The molecule has 0 aliphatic carbocycles. The Kier molecular flexibility index (Phi) is 7.61. The van der Waals surface area contributed by atoms with E-state index in [1.165, 1.54) is 27.2 Å². The van der Waals surface area contributed by atoms with Crippen molar-refractivity contribution >= 4 is 38.8 Å². The molecule has 0 radical (unpaired) electrons. The number of aromatic nitrogens is 3. The highest BCUT2D eigenvalue weighted by Gasteiger charge is 2.31. The lowest BCUT2D eigenvalue weighted by Crippen LogP contribution is -2.41. The van der Waals surface area contributed by atoms with Gasteiger partial charge in [0.2, 0.25) is 11.4 Å². The van der Waals surface area contributed by atoms with Crippen molar-refractivity contribution in [2.24, 2.45) is 5.14 Å². The Hall–Kier alpha value is -4.54. The minimum atomic E-state index is -4.89. The minimum absolute atomic E-state index is 0.0187. The second kappa shape index (κ2) is 11.0. The molecule has 1 aliphatic heterocycles. The molecule has 0 bridgehead atoms. The Bertz CT molecular complexity index is 1800. The number of carboxylic acids is 1. The van der Waals surface area contributed by atoms with E-state index < -0.39 is 39.3 Å². The number of nitrogens with zero attached hydrogens (tertiary/aromatic N) is 4. The van der Waals surface area contributed by atoms with Crippen LogP contribution in [0.3, 0.4) is 0 Å². The molecule has 42 heavy (non-hydrogen) atoms. The summed E-state index contributed by atoms with van der Waals surface area (Å²) in [6.45, 7) is 0.662. The molecule has 1 fully saturated rings. The van der Waals surface area contributed by atoms with Crippen LogP contribution < -0.4 is 20.6 Å². The highest BCUT2D eigenvalue weighted by molar-refractivity contribution is 7.86. The zero-order chi connectivity index (χ0) is 30.2. The van der Waals surface area contributed by atoms with E-state index in [1.807, 2.05) is 12.1 Å². The molecule has 0 unspecified atom stereocenters. The molecule has 0 atom stereocenters. The quantitative estimate of drug-likeness (QED) is 0.286. The number of nitrogens with two attached hydrogens (primary N) is 1. The number of halogens is 3. The van der Waals surface area contributed by atoms with Gasteiger partial charge in [-0.15, -0.1) is 13.2 Å². The van der Waals surface area contributed by atoms with Crippen LogP contribution in [-0.4, -0.2) is 57.8 Å². The summed E-state index contributed by atoms with van der Waals surface area (Å²) in [5.41, 5.74) is 0.458. The Labute approximate surface area is 236 Å². The summed E-state index contributed by atoms with van der Waals surface area (Å²) < 4.78 is 67.2. The first-order chi connectivity index (χ1) is 19.8. The number of alkyl halides is 3. The molecule has 1 saturated heterocycles. The molecule has 3 heterocycles. The van der Waals surface area contributed by atoms with Crippen LogP contribution in [0.4, 0.5) is 24.8 Å². The zero-order valence-corrected chi connectivity index (χ0v) is 22.4. The number of benzene rings is 2. The summed E-state index contributed by atoms with van der Waals surface area (Å²) in [4.78, 5) is 33.1. The number of rotatable bonds is 7. The number of pyridine rings is 1. The topological polar surface area (TPSA) is 170 Å². The molecule has 0 amide bonds. The van der Waals surface area contributed by atoms with Crippen molar-refractivity contribution in [3.63, 3.8) is 0 Å². The van der Waals surface area contributed by atoms with Crippen LogP contribution in [-0.2, 0) is 10.2 Å². The highest BCUT2D eigenvalue weighted by Crippen LogP contribution is 2.30. The first-order valence-corrected chi connectivity index (χ1v) is 14.0. The maximum absolute atomic E-state index is 12.8. The molecular formula is C26H23F3N6O6S. The Morgan fingerprint density at radius 3 is 2.29 bits per heavy atom. The molecule has 1 aliphatic rings. The van der Waals surface area contributed by atoms with E-state index in [4.69, 9.17) is 5.14 Å². The van der Waals surface area contributed by atoms with E-state index >= 15 is 0 Å². The number of anilines is 2. The molecule has 16 heteroatoms. The smallest absolute Gasteiger partial charge is 0.477 e. The maximum Gasteiger partial charge on any atom is 0.573 e. The van der Waals surface area contributed by atoms with Gasteiger partial charge >= 0.3 is 12.3 Å². The average molecular weight is 605 g/mol. The lowest BCUT2D eigenvalue weighted by Gasteiger charge is -2.30. The number of hydrogen-bond acceptors (Lipinski definition) is 8. The van der Waals surface area contributed by atoms with E-state index in [-0.39, 0.29) is 28.6 Å². The monoisotopic (exact) mass is 604 g/mol. The van der Waals surface area contributed by atoms with Crippen LogP contribution in [0, 0.1) is 0 Å². The van der Waals surface area contributed by atoms with Gasteiger partial charge in [-0.2, -0.15) is 17.7 Å². The fourth-order valence-electron chi connectivity index (χ4n) is 4.74. The van der Waals surface area contributed by atoms with Crippen LogP contribution in [0.15, 0.2) is 65.7 Å². The Balaban J connectivity index is 1.42. The van der Waals surface area contributed by atoms with Gasteiger partial charge in [-0.25, -0.2) is 14.9 Å². The molecule has 12 nitrogen and oxygen atoms in total. The predicted octanol–water partition coefficient (Wildman–Crippen LogP) is 3.50. The third-order valence-corrected chi connectivity index (χ3v) is 7.86. The van der Waals surface area contributed by atoms with Crippen LogP contribution in [0.2, 0.25) is 0 Å². The number of fused-ring (bicyclic) bond motifs is 1. The first-order valence-electron chi connectivity index (χ1n) is 12.5. The van der Waals surface area contributed by atoms with E-state index in [0.717, 1.165) is 23.9 Å². The third-order valence-electron chi connectivity index (χ3n) is 6.78. The predicted molar refractivity (Wildman–Crippen MR) is 145 cm³/mol. The van der Waals surface area contributed by atoms with Gasteiger partial charge in [0.15, 0.2) is 5.65 Å². The number of ether oxygens (including phenoxy) is 1. The molecule has 0 spiro atoms. The average Bonchev–Trinajstić information content (AvgIpc) is 2.93. The van der Waals surface area contributed by atoms with Gasteiger partial charge in [-0.05, 0) is 60.7 Å². The number of hydrogen-bond donors (Lipinski definition) is 3. The fourth-order valence-corrected chi connectivity index (χ4v) is 5.46. The summed E-state index contributed by atoms with van der Waals surface area (Å²) in [7, 11) is -3.71. The molecule has 5 rings (SSSR count). The van der Waals surface area contributed by atoms with E-state index in [9.17, 15) is 36.3 Å². The van der Waals surface area contributed by atoms with Crippen molar-refractivity contribution in [3.05, 3.63) is 82.3 Å². The number of carbonyl (C=O) groups is 1. The van der Waals surface area contributed by atoms with Crippen molar-refractivity contribution in [2.45, 2.75) is 25.1 Å². The number of piperidine rings is 1. The van der Waals surface area contributed by atoms with Crippen molar-refractivity contribution in [3.8, 4) is 11.4 Å². The van der Waals surface area contributed by atoms with Crippen molar-refractivity contribution in [2.75, 3.05) is 18.4 Å². The van der Waals surface area contributed by atoms with Gasteiger partial charge < -0.3 is 19.7 Å². The molecule has 2 aromatic heterocycles. The molecule has 0 saturated carbocycles. The summed E-state index contributed by atoms with van der Waals surface area (Å²) in [5, 5.41) is 17.7. The normalized spacial score (nSPS) is 15.0. The highest BCUT2D eigenvalue weighted by atomic mass is 32.2. The summed E-state index contributed by atoms with van der Waals surface area (Å²) in [6.07, 6.45) is -1.43. The summed E-state index contributed by atoms with van der Waals surface area (Å²) >= 11 is 0. The second-order valence-electron chi connectivity index (χ2n) is 9.48. The lowest BCUT2D eigenvalue weighted by molar-refractivity contribution is -0.274. The second-order valence-corrected chi connectivity index (χ2v) is 11.0. The summed E-state index contributed by atoms with van der Waals surface area (Å²) in [5.74, 6) is -1.75. The van der Waals surface area contributed by atoms with Gasteiger partial charge in [0, 0.05) is 36.9 Å². The number of nitrogens with one attached hydrogen (secondary N) is 1. The number of carboxylic acid groups (broad SMARTS) is 1. The lowest BCUT2D eigenvalue weighted by atomic mass is 9.90. The van der Waals surface area contributed by atoms with Crippen molar-refractivity contribution in [1.29, 1.82) is 0 Å². The first kappa shape index (κ1) is 29.0. The van der Waals surface area contributed by atoms with Crippen LogP contribution in [0.1, 0.15) is 34.7 Å². The van der Waals surface area contributed by atoms with Gasteiger partial charge in [0.25, 0.3) is 10.2 Å². The molecule has 4 N–H and O–H groups in total. The Morgan fingerprint density at radius 1 is 1.07 bits per heavy atom. The molecule has 2 aromatic carbocycles. The van der Waals surface area contributed by atoms with Gasteiger partial charge in [-0.3, -0.25) is 4.79 Å². The van der Waals surface area contributed by atoms with E-state index in [1.54, 1.807) is 12.1 Å². The van der Waals surface area contributed by atoms with Crippen LogP contribution >= 0.6 is 0 Å². The molecule has 220 valence electrons. The zero-order valence-electron chi connectivity index (χ0n) is 21.6. The van der Waals surface area contributed by atoms with E-state index in [0.29, 0.717) is 31.6 Å². The van der Waals surface area contributed by atoms with Crippen LogP contribution in [0.5, 0.6) is 5.75 Å². The SMILES string of the molecule is NS(=O)(=O)N1CCC(c2ccc(Nc3ncc4c(=O)c(C(=O)O)cn(-c5ccc(OC(F)(F)F)cc5)c4n3)cc2)CC1. The van der Waals surface area contributed by atoms with Gasteiger partial charge in [0.1, 0.15) is 11.3 Å². The van der Waals surface area contributed by atoms with E-state index in [2.05, 4.69) is 20.0 Å². The third kappa shape index (κ3) is 6.35. The molecule has 4 aromatic rings. The van der Waals surface area contributed by atoms with Crippen molar-refractivity contribution in [1.82, 2.24) is 18.8 Å². The standard InChI is InChI=1S/C26H23F3N6O6S/c27-26(28,29)41-19-7-5-18(6-8-19)35-14-21(24(37)38)22(36)20-13-31-25(33-23(20)35)32-17-3-1-15(2-4-17)16-9-11-34(12-10-16)42(30,39)40/h1-8,13-14,16H,9-12H2,(H,37,38)(H2,30,39,40)(H,31,32,33). The fraction of sp³-hybridized carbons (Fsp3) is 0.231. The number of aromatic carboxylic acids is 1. The largest absolute Gasteiger partial charge is 0.573 e. The minimum Gasteiger partial charge on any atom is -0.477 e. The van der Waals surface area contributed by atoms with Gasteiger partial charge in [-0.1, -0.05) is 12.1 Å². The van der Waals surface area contributed by atoms with Crippen LogP contribution in [0.25, 0.3) is 16.7 Å². The summed E-state index contributed by atoms with van der Waals surface area (Å²) in [6, 6.07) is 12.0. The molecular weight excluding hydrogens is 581 g/mol.